The fourth-order valence-corrected chi connectivity index (χ4v) is 1.58. The minimum atomic E-state index is -2.92. The van der Waals surface area contributed by atoms with Crippen LogP contribution in [0.4, 0.5) is 14.5 Å². The van der Waals surface area contributed by atoms with Crippen LogP contribution in [0.25, 0.3) is 0 Å². The van der Waals surface area contributed by atoms with Crippen LogP contribution in [0.3, 0.4) is 0 Å². The number of nitro benzene ring substituents is 1. The minimum absolute atomic E-state index is 0.0770. The highest BCUT2D eigenvalue weighted by molar-refractivity contribution is 5.94. The zero-order valence-corrected chi connectivity index (χ0v) is 10.1. The molecule has 1 unspecified atom stereocenters. The van der Waals surface area contributed by atoms with Crippen molar-refractivity contribution in [1.82, 2.24) is 5.32 Å². The summed E-state index contributed by atoms with van der Waals surface area (Å²) in [4.78, 5) is 21.0. The van der Waals surface area contributed by atoms with Gasteiger partial charge in [0.25, 0.3) is 12.1 Å². The third-order valence-corrected chi connectivity index (χ3v) is 2.50. The second kappa shape index (κ2) is 6.87. The average Bonchev–Trinajstić information content (AvgIpc) is 2.37. The molecule has 0 saturated heterocycles. The van der Waals surface area contributed by atoms with Crippen molar-refractivity contribution in [2.24, 2.45) is 0 Å². The molecule has 1 aromatic rings. The molecule has 0 amide bonds. The molecule has 0 aromatic heterocycles. The number of aliphatic hydroxyl groups is 1. The minimum Gasteiger partial charge on any atom is -0.477 e. The van der Waals surface area contributed by atoms with E-state index in [1.165, 1.54) is 12.1 Å². The lowest BCUT2D eigenvalue weighted by Crippen LogP contribution is -2.32. The highest BCUT2D eigenvalue weighted by Crippen LogP contribution is 2.22. The molecule has 9 heteroatoms. The van der Waals surface area contributed by atoms with E-state index >= 15 is 0 Å². The molecule has 0 heterocycles. The number of benzene rings is 1. The number of halogens is 2. The lowest BCUT2D eigenvalue weighted by molar-refractivity contribution is -0.385. The number of alkyl halides is 2. The molecule has 0 fully saturated rings. The first-order valence-corrected chi connectivity index (χ1v) is 5.51. The third-order valence-electron chi connectivity index (χ3n) is 2.50. The van der Waals surface area contributed by atoms with Gasteiger partial charge in [-0.3, -0.25) is 10.1 Å². The van der Waals surface area contributed by atoms with Crippen LogP contribution in [0.2, 0.25) is 0 Å². The van der Waals surface area contributed by atoms with Gasteiger partial charge in [0, 0.05) is 19.2 Å². The molecule has 0 spiro atoms. The molecule has 7 nitrogen and oxygen atoms in total. The van der Waals surface area contributed by atoms with Gasteiger partial charge in [-0.25, -0.2) is 13.6 Å². The Hall–Kier alpha value is -2.13. The predicted molar refractivity (Wildman–Crippen MR) is 63.8 cm³/mol. The highest BCUT2D eigenvalue weighted by atomic mass is 19.3. The topological polar surface area (TPSA) is 113 Å². The van der Waals surface area contributed by atoms with Gasteiger partial charge < -0.3 is 15.5 Å². The van der Waals surface area contributed by atoms with Crippen LogP contribution in [0.1, 0.15) is 15.9 Å². The molecule has 0 aliphatic rings. The van der Waals surface area contributed by atoms with E-state index in [4.69, 9.17) is 10.2 Å². The van der Waals surface area contributed by atoms with Gasteiger partial charge in [-0.1, -0.05) is 12.1 Å². The summed E-state index contributed by atoms with van der Waals surface area (Å²) in [6.07, 6.45) is -4.81. The average molecular weight is 290 g/mol. The Morgan fingerprint density at radius 3 is 2.60 bits per heavy atom. The molecule has 20 heavy (non-hydrogen) atoms. The standard InChI is InChI=1S/C11H12F2N2O5/c12-10(13)8(16)5-14-4-6-2-1-3-7(15(19)20)9(6)11(17)18/h1-3,8,10,14,16H,4-5H2,(H,17,18). The first-order chi connectivity index (χ1) is 9.34. The van der Waals surface area contributed by atoms with E-state index in [0.717, 1.165) is 6.07 Å². The van der Waals surface area contributed by atoms with Gasteiger partial charge in [0.05, 0.1) is 4.92 Å². The molecule has 1 rings (SSSR count). The Morgan fingerprint density at radius 2 is 2.10 bits per heavy atom. The largest absolute Gasteiger partial charge is 0.477 e. The summed E-state index contributed by atoms with van der Waals surface area (Å²) in [7, 11) is 0. The van der Waals surface area contributed by atoms with Crippen molar-refractivity contribution in [3.05, 3.63) is 39.4 Å². The van der Waals surface area contributed by atoms with E-state index in [2.05, 4.69) is 5.32 Å². The number of hydrogen-bond donors (Lipinski definition) is 3. The highest BCUT2D eigenvalue weighted by Gasteiger charge is 2.23. The summed E-state index contributed by atoms with van der Waals surface area (Å²) >= 11 is 0. The van der Waals surface area contributed by atoms with Crippen molar-refractivity contribution in [3.8, 4) is 0 Å². The van der Waals surface area contributed by atoms with Crippen LogP contribution in [0.15, 0.2) is 18.2 Å². The zero-order valence-electron chi connectivity index (χ0n) is 10.1. The van der Waals surface area contributed by atoms with E-state index in [1.54, 1.807) is 0 Å². The molecule has 0 bridgehead atoms. The molecule has 0 aliphatic carbocycles. The SMILES string of the molecule is O=C(O)c1c(CNCC(O)C(F)F)cccc1[N+](=O)[O-]. The smallest absolute Gasteiger partial charge is 0.343 e. The van der Waals surface area contributed by atoms with Gasteiger partial charge in [-0.2, -0.15) is 0 Å². The predicted octanol–water partition coefficient (Wildman–Crippen LogP) is 1.01. The molecule has 0 saturated carbocycles. The Balaban J connectivity index is 2.87. The number of carboxylic acid groups (broad SMARTS) is 1. The molecule has 0 aliphatic heterocycles. The Morgan fingerprint density at radius 1 is 1.45 bits per heavy atom. The summed E-state index contributed by atoms with van der Waals surface area (Å²) < 4.78 is 24.1. The van der Waals surface area contributed by atoms with Crippen LogP contribution in [-0.2, 0) is 6.54 Å². The van der Waals surface area contributed by atoms with Crippen molar-refractivity contribution in [2.75, 3.05) is 6.54 Å². The fraction of sp³-hybridized carbons (Fsp3) is 0.364. The maximum atomic E-state index is 12.1. The van der Waals surface area contributed by atoms with E-state index in [-0.39, 0.29) is 12.1 Å². The van der Waals surface area contributed by atoms with Crippen molar-refractivity contribution in [2.45, 2.75) is 19.1 Å². The summed E-state index contributed by atoms with van der Waals surface area (Å²) in [5.41, 5.74) is -1.00. The Kier molecular flexibility index (Phi) is 5.47. The number of rotatable bonds is 7. The number of nitrogens with zero attached hydrogens (tertiary/aromatic N) is 1. The first kappa shape index (κ1) is 15.9. The normalized spacial score (nSPS) is 12.4. The molecule has 1 aromatic carbocycles. The monoisotopic (exact) mass is 290 g/mol. The molecule has 0 radical (unpaired) electrons. The molecular formula is C11H12F2N2O5. The second-order valence-electron chi connectivity index (χ2n) is 3.91. The quantitative estimate of drug-likeness (QED) is 0.510. The van der Waals surface area contributed by atoms with Gasteiger partial charge >= 0.3 is 5.97 Å². The Bertz CT molecular complexity index is 510. The summed E-state index contributed by atoms with van der Waals surface area (Å²) in [6.45, 7) is -0.646. The van der Waals surface area contributed by atoms with E-state index in [0.29, 0.717) is 0 Å². The fourth-order valence-electron chi connectivity index (χ4n) is 1.58. The van der Waals surface area contributed by atoms with Crippen LogP contribution < -0.4 is 5.32 Å². The summed E-state index contributed by atoms with van der Waals surface area (Å²) in [6, 6.07) is 3.67. The maximum Gasteiger partial charge on any atom is 0.343 e. The second-order valence-corrected chi connectivity index (χ2v) is 3.91. The lowest BCUT2D eigenvalue weighted by atomic mass is 10.1. The number of aromatic carboxylic acids is 1. The van der Waals surface area contributed by atoms with E-state index in [1.807, 2.05) is 0 Å². The molecule has 110 valence electrons. The van der Waals surface area contributed by atoms with Crippen LogP contribution in [0.5, 0.6) is 0 Å². The molecular weight excluding hydrogens is 278 g/mol. The number of hydrogen-bond acceptors (Lipinski definition) is 5. The van der Waals surface area contributed by atoms with E-state index in [9.17, 15) is 23.7 Å². The first-order valence-electron chi connectivity index (χ1n) is 5.51. The van der Waals surface area contributed by atoms with Gasteiger partial charge in [-0.05, 0) is 5.56 Å². The van der Waals surface area contributed by atoms with Crippen LogP contribution in [0, 0.1) is 10.1 Å². The number of nitrogens with one attached hydrogen (secondary N) is 1. The summed E-state index contributed by atoms with van der Waals surface area (Å²) in [5, 5.41) is 31.0. The zero-order chi connectivity index (χ0) is 15.3. The lowest BCUT2D eigenvalue weighted by Gasteiger charge is -2.12. The van der Waals surface area contributed by atoms with E-state index < -0.39 is 41.2 Å². The molecule has 1 atom stereocenters. The summed E-state index contributed by atoms with van der Waals surface area (Å²) in [5.74, 6) is -1.48. The number of carbonyl (C=O) groups is 1. The van der Waals surface area contributed by atoms with Crippen LogP contribution >= 0.6 is 0 Å². The van der Waals surface area contributed by atoms with Crippen molar-refractivity contribution in [1.29, 1.82) is 0 Å². The Labute approximate surface area is 112 Å². The van der Waals surface area contributed by atoms with Gasteiger partial charge in [-0.15, -0.1) is 0 Å². The maximum absolute atomic E-state index is 12.1. The van der Waals surface area contributed by atoms with Crippen molar-refractivity contribution in [3.63, 3.8) is 0 Å². The van der Waals surface area contributed by atoms with Gasteiger partial charge in [0.2, 0.25) is 0 Å². The number of carboxylic acids is 1. The van der Waals surface area contributed by atoms with Crippen LogP contribution in [-0.4, -0.2) is 40.2 Å². The van der Waals surface area contributed by atoms with Gasteiger partial charge in [0.15, 0.2) is 0 Å². The number of nitro groups is 1. The van der Waals surface area contributed by atoms with Crippen molar-refractivity contribution >= 4 is 11.7 Å². The van der Waals surface area contributed by atoms with Gasteiger partial charge in [0.1, 0.15) is 11.7 Å². The molecule has 3 N–H and O–H groups in total. The third kappa shape index (κ3) is 3.93. The van der Waals surface area contributed by atoms with Crippen molar-refractivity contribution < 1.29 is 28.7 Å². The number of aliphatic hydroxyl groups excluding tert-OH is 1.